The summed E-state index contributed by atoms with van der Waals surface area (Å²) >= 11 is 0. The third-order valence-corrected chi connectivity index (χ3v) is 8.18. The van der Waals surface area contributed by atoms with E-state index in [1.807, 2.05) is 24.4 Å². The number of halogens is 2. The molecule has 0 aliphatic carbocycles. The fraction of sp³-hybridized carbons (Fsp3) is 0.344. The lowest BCUT2D eigenvalue weighted by atomic mass is 9.92. The van der Waals surface area contributed by atoms with E-state index in [1.165, 1.54) is 11.0 Å². The quantitative estimate of drug-likeness (QED) is 0.340. The Morgan fingerprint density at radius 1 is 1.02 bits per heavy atom. The molecule has 0 saturated carbocycles. The third kappa shape index (κ3) is 5.77. The van der Waals surface area contributed by atoms with Gasteiger partial charge in [0.15, 0.2) is 5.82 Å². The molecule has 9 nitrogen and oxygen atoms in total. The second kappa shape index (κ2) is 12.0. The summed E-state index contributed by atoms with van der Waals surface area (Å²) in [6, 6.07) is 10.2. The molecule has 2 aromatic heterocycles. The highest BCUT2D eigenvalue weighted by Gasteiger charge is 2.26. The van der Waals surface area contributed by atoms with Crippen LogP contribution in [0.3, 0.4) is 0 Å². The zero-order valence-corrected chi connectivity index (χ0v) is 24.4. The number of piperazine rings is 1. The molecule has 11 heteroatoms. The van der Waals surface area contributed by atoms with Gasteiger partial charge in [-0.05, 0) is 54.0 Å². The molecular weight excluding hydrogens is 552 g/mol. The van der Waals surface area contributed by atoms with Gasteiger partial charge in [-0.1, -0.05) is 6.08 Å². The molecule has 2 aromatic carbocycles. The van der Waals surface area contributed by atoms with Crippen molar-refractivity contribution in [2.24, 2.45) is 0 Å². The number of hydrogen-bond donors (Lipinski definition) is 2. The number of anilines is 1. The van der Waals surface area contributed by atoms with E-state index in [4.69, 9.17) is 0 Å². The molecule has 2 aliphatic heterocycles. The number of carbonyl (C=O) groups is 2. The zero-order chi connectivity index (χ0) is 30.1. The Hall–Kier alpha value is -4.51. The van der Waals surface area contributed by atoms with Crippen LogP contribution in [0, 0.1) is 11.6 Å². The normalized spacial score (nSPS) is 15.6. The van der Waals surface area contributed by atoms with Crippen molar-refractivity contribution in [2.75, 3.05) is 58.3 Å². The summed E-state index contributed by atoms with van der Waals surface area (Å²) in [6.07, 6.45) is 6.26. The highest BCUT2D eigenvalue weighted by molar-refractivity contribution is 6.04. The van der Waals surface area contributed by atoms with Crippen LogP contribution in [0.5, 0.6) is 0 Å². The number of benzene rings is 2. The van der Waals surface area contributed by atoms with E-state index in [1.54, 1.807) is 48.1 Å². The number of rotatable bonds is 7. The second-order valence-electron chi connectivity index (χ2n) is 11.2. The van der Waals surface area contributed by atoms with Crippen molar-refractivity contribution in [1.29, 1.82) is 0 Å². The average molecular weight is 588 g/mol. The maximum atomic E-state index is 16.3. The molecule has 2 amide bonds. The van der Waals surface area contributed by atoms with Crippen LogP contribution in [0.4, 0.5) is 14.5 Å². The smallest absolute Gasteiger partial charge is 0.269 e. The van der Waals surface area contributed by atoms with Crippen molar-refractivity contribution in [1.82, 2.24) is 29.9 Å². The van der Waals surface area contributed by atoms with Gasteiger partial charge in [0.05, 0.1) is 5.52 Å². The van der Waals surface area contributed by atoms with Crippen molar-refractivity contribution in [3.63, 3.8) is 0 Å². The van der Waals surface area contributed by atoms with E-state index in [-0.39, 0.29) is 41.6 Å². The predicted octanol–water partition coefficient (Wildman–Crippen LogP) is 4.13. The Morgan fingerprint density at radius 3 is 2.56 bits per heavy atom. The van der Waals surface area contributed by atoms with Gasteiger partial charge in [0, 0.05) is 101 Å². The Kier molecular flexibility index (Phi) is 7.98. The Balaban J connectivity index is 1.38. The molecule has 6 rings (SSSR count). The molecule has 4 heterocycles. The van der Waals surface area contributed by atoms with Gasteiger partial charge in [-0.25, -0.2) is 8.78 Å². The first-order chi connectivity index (χ1) is 20.8. The number of nitrogens with zero attached hydrogens (tertiary/aromatic N) is 5. The van der Waals surface area contributed by atoms with E-state index in [0.717, 1.165) is 31.9 Å². The number of H-pyrrole nitrogens is 1. The van der Waals surface area contributed by atoms with Crippen LogP contribution >= 0.6 is 0 Å². The monoisotopic (exact) mass is 587 g/mol. The molecule has 0 unspecified atom stereocenters. The maximum Gasteiger partial charge on any atom is 0.269 e. The van der Waals surface area contributed by atoms with Crippen LogP contribution in [-0.4, -0.2) is 89.7 Å². The molecule has 4 aromatic rings. The summed E-state index contributed by atoms with van der Waals surface area (Å²) in [5, 5.41) is 7.88. The highest BCUT2D eigenvalue weighted by Crippen LogP contribution is 2.38. The summed E-state index contributed by atoms with van der Waals surface area (Å²) in [7, 11) is 3.24. The minimum absolute atomic E-state index is 0.0453. The number of aromatic amines is 1. The van der Waals surface area contributed by atoms with Crippen molar-refractivity contribution in [3.05, 3.63) is 77.8 Å². The van der Waals surface area contributed by atoms with Crippen LogP contribution in [0.15, 0.2) is 54.9 Å². The fourth-order valence-corrected chi connectivity index (χ4v) is 5.87. The molecular formula is C32H35F2N7O2. The molecule has 0 radical (unpaired) electrons. The van der Waals surface area contributed by atoms with Gasteiger partial charge in [0.2, 0.25) is 5.91 Å². The van der Waals surface area contributed by atoms with Crippen LogP contribution in [0.2, 0.25) is 0 Å². The number of hydrogen-bond acceptors (Lipinski definition) is 5. The molecule has 1 fully saturated rings. The molecule has 43 heavy (non-hydrogen) atoms. The summed E-state index contributed by atoms with van der Waals surface area (Å²) in [6.45, 7) is 4.44. The molecule has 0 spiro atoms. The Bertz CT molecular complexity index is 1690. The highest BCUT2D eigenvalue weighted by atomic mass is 19.1. The zero-order valence-electron chi connectivity index (χ0n) is 24.4. The van der Waals surface area contributed by atoms with Gasteiger partial charge >= 0.3 is 0 Å². The molecule has 2 aliphatic rings. The lowest BCUT2D eigenvalue weighted by molar-refractivity contribution is -0.131. The van der Waals surface area contributed by atoms with Crippen molar-refractivity contribution >= 4 is 34.0 Å². The first kappa shape index (κ1) is 28.6. The summed E-state index contributed by atoms with van der Waals surface area (Å²) < 4.78 is 33.8. The first-order valence-electron chi connectivity index (χ1n) is 14.6. The van der Waals surface area contributed by atoms with Gasteiger partial charge in [-0.2, -0.15) is 5.10 Å². The average Bonchev–Trinajstić information content (AvgIpc) is 3.71. The minimum atomic E-state index is -0.536. The number of aryl methyl sites for hydroxylation is 1. The standard InChI is InChI=1S/C32H35F2N7O2/c1-38(2)32(43)28-19-26-25(23-7-6-22(17-27(23)33)39-15-10-35-11-16-39)18-24(30(34)31(26)37-28)21-5-3-12-40(20-21)29(42)8-14-41-13-4-9-36-41/h4-7,9,13,17-19,35,37H,3,8,10-12,14-16,20H2,1-2H3. The van der Waals surface area contributed by atoms with Gasteiger partial charge in [0.1, 0.15) is 11.5 Å². The number of aromatic nitrogens is 3. The van der Waals surface area contributed by atoms with Gasteiger partial charge in [-0.3, -0.25) is 14.3 Å². The summed E-state index contributed by atoms with van der Waals surface area (Å²) in [5.74, 6) is -1.32. The third-order valence-electron chi connectivity index (χ3n) is 8.18. The molecule has 2 N–H and O–H groups in total. The number of nitrogens with one attached hydrogen (secondary N) is 2. The SMILES string of the molecule is CN(C)C(=O)c1cc2c(-c3ccc(N4CCNCC4)cc3F)cc(C3=CCCN(C(=O)CCn4cccn4)C3)c(F)c2[nH]1. The van der Waals surface area contributed by atoms with Crippen molar-refractivity contribution in [2.45, 2.75) is 19.4 Å². The lowest BCUT2D eigenvalue weighted by Crippen LogP contribution is -2.43. The molecule has 1 saturated heterocycles. The Labute approximate surface area is 248 Å². The predicted molar refractivity (Wildman–Crippen MR) is 163 cm³/mol. The van der Waals surface area contributed by atoms with E-state index >= 15 is 8.78 Å². The van der Waals surface area contributed by atoms with Crippen LogP contribution in [-0.2, 0) is 11.3 Å². The van der Waals surface area contributed by atoms with Crippen LogP contribution in [0.1, 0.15) is 28.9 Å². The van der Waals surface area contributed by atoms with Crippen molar-refractivity contribution in [3.8, 4) is 11.1 Å². The maximum absolute atomic E-state index is 16.3. The van der Waals surface area contributed by atoms with E-state index in [9.17, 15) is 9.59 Å². The first-order valence-corrected chi connectivity index (χ1v) is 14.6. The summed E-state index contributed by atoms with van der Waals surface area (Å²) in [5.41, 5.74) is 2.85. The number of fused-ring (bicyclic) bond motifs is 1. The van der Waals surface area contributed by atoms with Gasteiger partial charge < -0.3 is 25.0 Å². The van der Waals surface area contributed by atoms with Gasteiger partial charge in [-0.15, -0.1) is 0 Å². The largest absolute Gasteiger partial charge is 0.369 e. The van der Waals surface area contributed by atoms with Crippen LogP contribution < -0.4 is 10.2 Å². The van der Waals surface area contributed by atoms with Crippen LogP contribution in [0.25, 0.3) is 27.6 Å². The molecule has 0 bridgehead atoms. The van der Waals surface area contributed by atoms with E-state index in [0.29, 0.717) is 41.6 Å². The van der Waals surface area contributed by atoms with Gasteiger partial charge in [0.25, 0.3) is 5.91 Å². The van der Waals surface area contributed by atoms with E-state index in [2.05, 4.69) is 20.3 Å². The Morgan fingerprint density at radius 2 is 1.84 bits per heavy atom. The molecule has 224 valence electrons. The van der Waals surface area contributed by atoms with E-state index < -0.39 is 11.6 Å². The topological polar surface area (TPSA) is 89.5 Å². The fourth-order valence-electron chi connectivity index (χ4n) is 5.87. The number of amides is 2. The minimum Gasteiger partial charge on any atom is -0.369 e. The molecule has 0 atom stereocenters. The van der Waals surface area contributed by atoms with Crippen molar-refractivity contribution < 1.29 is 18.4 Å². The number of carbonyl (C=O) groups excluding carboxylic acids is 2. The lowest BCUT2D eigenvalue weighted by Gasteiger charge is -2.29. The second-order valence-corrected chi connectivity index (χ2v) is 11.2. The summed E-state index contributed by atoms with van der Waals surface area (Å²) in [4.78, 5) is 34.1.